The van der Waals surface area contributed by atoms with Crippen LogP contribution in [0.4, 0.5) is 0 Å². The molecule has 0 saturated carbocycles. The van der Waals surface area contributed by atoms with Crippen molar-refractivity contribution in [1.82, 2.24) is 9.97 Å². The van der Waals surface area contributed by atoms with Crippen LogP contribution in [-0.2, 0) is 6.04 Å². The standard InChI is InChI=1S/C8H14N2O2Si/c1-13(2,3)5-6-4-9-8(12)10-7(6)11/h4H,5H2,1-3H3,(H2,9,10,11,12). The van der Waals surface area contributed by atoms with Crippen molar-refractivity contribution in [3.8, 4) is 0 Å². The first kappa shape index (κ1) is 9.98. The number of aromatic amines is 2. The summed E-state index contributed by atoms with van der Waals surface area (Å²) in [6.45, 7) is 6.53. The van der Waals surface area contributed by atoms with Crippen molar-refractivity contribution in [2.45, 2.75) is 25.7 Å². The topological polar surface area (TPSA) is 65.7 Å². The van der Waals surface area contributed by atoms with Crippen LogP contribution in [0.2, 0.25) is 19.6 Å². The summed E-state index contributed by atoms with van der Waals surface area (Å²) in [5.74, 6) is 0. The van der Waals surface area contributed by atoms with E-state index in [1.54, 1.807) is 0 Å². The monoisotopic (exact) mass is 198 g/mol. The van der Waals surface area contributed by atoms with Gasteiger partial charge in [-0.1, -0.05) is 19.6 Å². The van der Waals surface area contributed by atoms with Gasteiger partial charge in [-0.15, -0.1) is 0 Å². The molecule has 0 bridgehead atoms. The van der Waals surface area contributed by atoms with Gasteiger partial charge < -0.3 is 4.98 Å². The molecule has 1 aromatic rings. The van der Waals surface area contributed by atoms with Crippen molar-refractivity contribution in [2.24, 2.45) is 0 Å². The fourth-order valence-corrected chi connectivity index (χ4v) is 2.55. The van der Waals surface area contributed by atoms with Crippen LogP contribution in [0.5, 0.6) is 0 Å². The van der Waals surface area contributed by atoms with Crippen LogP contribution in [0.3, 0.4) is 0 Å². The molecule has 13 heavy (non-hydrogen) atoms. The molecule has 0 atom stereocenters. The average molecular weight is 198 g/mol. The first-order chi connectivity index (χ1) is 5.88. The third-order valence-corrected chi connectivity index (χ3v) is 3.06. The normalized spacial score (nSPS) is 11.6. The van der Waals surface area contributed by atoms with Gasteiger partial charge in [0.05, 0.1) is 0 Å². The Bertz CT molecular complexity index is 400. The quantitative estimate of drug-likeness (QED) is 0.679. The Labute approximate surface area is 77.0 Å². The summed E-state index contributed by atoms with van der Waals surface area (Å²) < 4.78 is 0. The van der Waals surface area contributed by atoms with Gasteiger partial charge in [-0.3, -0.25) is 9.78 Å². The van der Waals surface area contributed by atoms with Crippen molar-refractivity contribution in [3.63, 3.8) is 0 Å². The highest BCUT2D eigenvalue weighted by molar-refractivity contribution is 6.75. The molecule has 72 valence electrons. The molecule has 2 N–H and O–H groups in total. The molecule has 0 radical (unpaired) electrons. The molecule has 4 nitrogen and oxygen atoms in total. The van der Waals surface area contributed by atoms with Crippen LogP contribution in [0.15, 0.2) is 15.8 Å². The Morgan fingerprint density at radius 1 is 1.31 bits per heavy atom. The molecule has 0 fully saturated rings. The van der Waals surface area contributed by atoms with Gasteiger partial charge in [-0.2, -0.15) is 0 Å². The zero-order valence-electron chi connectivity index (χ0n) is 8.10. The highest BCUT2D eigenvalue weighted by atomic mass is 28.3. The Hall–Kier alpha value is -1.10. The second kappa shape index (κ2) is 3.33. The zero-order chi connectivity index (χ0) is 10.1. The Balaban J connectivity index is 3.04. The van der Waals surface area contributed by atoms with E-state index in [1.165, 1.54) is 6.20 Å². The Morgan fingerprint density at radius 3 is 2.38 bits per heavy atom. The lowest BCUT2D eigenvalue weighted by atomic mass is 10.4. The molecule has 0 aliphatic heterocycles. The minimum absolute atomic E-state index is 0.258. The van der Waals surface area contributed by atoms with Gasteiger partial charge in [-0.05, 0) is 6.04 Å². The fourth-order valence-electron chi connectivity index (χ4n) is 1.14. The van der Waals surface area contributed by atoms with Crippen LogP contribution in [0.1, 0.15) is 5.56 Å². The van der Waals surface area contributed by atoms with E-state index in [4.69, 9.17) is 0 Å². The molecule has 0 aliphatic carbocycles. The number of H-pyrrole nitrogens is 2. The number of hydrogen-bond donors (Lipinski definition) is 2. The van der Waals surface area contributed by atoms with Crippen molar-refractivity contribution in [3.05, 3.63) is 32.6 Å². The highest BCUT2D eigenvalue weighted by Gasteiger charge is 2.15. The maximum absolute atomic E-state index is 11.3. The first-order valence-electron chi connectivity index (χ1n) is 4.19. The molecular formula is C8H14N2O2Si. The van der Waals surface area contributed by atoms with Crippen LogP contribution < -0.4 is 11.2 Å². The SMILES string of the molecule is C[Si](C)(C)Cc1c[nH]c(=O)[nH]c1=O. The minimum Gasteiger partial charge on any atom is -0.314 e. The maximum atomic E-state index is 11.3. The van der Waals surface area contributed by atoms with Gasteiger partial charge in [0, 0.05) is 19.8 Å². The molecule has 1 rings (SSSR count). The third-order valence-electron chi connectivity index (χ3n) is 1.62. The fraction of sp³-hybridized carbons (Fsp3) is 0.500. The van der Waals surface area contributed by atoms with Gasteiger partial charge in [0.15, 0.2) is 0 Å². The van der Waals surface area contributed by atoms with E-state index in [9.17, 15) is 9.59 Å². The van der Waals surface area contributed by atoms with Gasteiger partial charge >= 0.3 is 5.69 Å². The smallest absolute Gasteiger partial charge is 0.314 e. The van der Waals surface area contributed by atoms with E-state index >= 15 is 0 Å². The van der Waals surface area contributed by atoms with E-state index < -0.39 is 13.8 Å². The van der Waals surface area contributed by atoms with Crippen LogP contribution in [0, 0.1) is 0 Å². The Kier molecular flexibility index (Phi) is 2.56. The number of rotatable bonds is 2. The second-order valence-corrected chi connectivity index (χ2v) is 9.81. The summed E-state index contributed by atoms with van der Waals surface area (Å²) in [7, 11) is -1.29. The predicted octanol–water partition coefficient (Wildman–Crippen LogP) is 0.483. The van der Waals surface area contributed by atoms with Gasteiger partial charge in [0.25, 0.3) is 5.56 Å². The van der Waals surface area contributed by atoms with Crippen LogP contribution >= 0.6 is 0 Å². The van der Waals surface area contributed by atoms with Crippen molar-refractivity contribution in [2.75, 3.05) is 0 Å². The Morgan fingerprint density at radius 2 is 1.92 bits per heavy atom. The minimum atomic E-state index is -1.29. The van der Waals surface area contributed by atoms with Crippen molar-refractivity contribution >= 4 is 8.07 Å². The lowest BCUT2D eigenvalue weighted by Crippen LogP contribution is -2.31. The molecule has 0 aliphatic rings. The van der Waals surface area contributed by atoms with Crippen LogP contribution in [0.25, 0.3) is 0 Å². The first-order valence-corrected chi connectivity index (χ1v) is 7.90. The number of aromatic nitrogens is 2. The maximum Gasteiger partial charge on any atom is 0.325 e. The molecule has 5 heteroatoms. The number of hydrogen-bond acceptors (Lipinski definition) is 2. The van der Waals surface area contributed by atoms with E-state index in [2.05, 4.69) is 29.6 Å². The summed E-state index contributed by atoms with van der Waals surface area (Å²) in [5.41, 5.74) is -0.0192. The zero-order valence-corrected chi connectivity index (χ0v) is 9.10. The van der Waals surface area contributed by atoms with Crippen molar-refractivity contribution in [1.29, 1.82) is 0 Å². The average Bonchev–Trinajstić information content (AvgIpc) is 1.93. The molecular weight excluding hydrogens is 184 g/mol. The lowest BCUT2D eigenvalue weighted by molar-refractivity contribution is 0.992. The largest absolute Gasteiger partial charge is 0.325 e. The molecule has 1 heterocycles. The molecule has 0 aromatic carbocycles. The molecule has 0 unspecified atom stereocenters. The summed E-state index contributed by atoms with van der Waals surface area (Å²) in [6.07, 6.45) is 1.51. The van der Waals surface area contributed by atoms with E-state index in [0.29, 0.717) is 5.56 Å². The molecule has 0 saturated heterocycles. The lowest BCUT2D eigenvalue weighted by Gasteiger charge is -2.14. The highest BCUT2D eigenvalue weighted by Crippen LogP contribution is 2.06. The van der Waals surface area contributed by atoms with Gasteiger partial charge in [0.2, 0.25) is 0 Å². The third kappa shape index (κ3) is 3.02. The van der Waals surface area contributed by atoms with E-state index in [0.717, 1.165) is 6.04 Å². The van der Waals surface area contributed by atoms with Crippen molar-refractivity contribution < 1.29 is 0 Å². The van der Waals surface area contributed by atoms with Gasteiger partial charge in [-0.25, -0.2) is 4.79 Å². The summed E-state index contributed by atoms with van der Waals surface area (Å²) in [6, 6.07) is 0.791. The molecule has 0 amide bonds. The van der Waals surface area contributed by atoms with Crippen LogP contribution in [-0.4, -0.2) is 18.0 Å². The predicted molar refractivity (Wildman–Crippen MR) is 54.7 cm³/mol. The summed E-state index contributed by atoms with van der Waals surface area (Å²) in [5, 5.41) is 0. The second-order valence-electron chi connectivity index (χ2n) is 4.33. The summed E-state index contributed by atoms with van der Waals surface area (Å²) in [4.78, 5) is 26.7. The molecule has 1 aromatic heterocycles. The van der Waals surface area contributed by atoms with Gasteiger partial charge in [0.1, 0.15) is 0 Å². The number of nitrogens with one attached hydrogen (secondary N) is 2. The van der Waals surface area contributed by atoms with E-state index in [1.807, 2.05) is 0 Å². The van der Waals surface area contributed by atoms with E-state index in [-0.39, 0.29) is 5.56 Å². The summed E-state index contributed by atoms with van der Waals surface area (Å²) >= 11 is 0. The molecule has 0 spiro atoms.